The van der Waals surface area contributed by atoms with Gasteiger partial charge in [-0.15, -0.1) is 0 Å². The lowest BCUT2D eigenvalue weighted by molar-refractivity contribution is -0.115. The number of nitrogens with zero attached hydrogens (tertiary/aromatic N) is 6. The maximum absolute atomic E-state index is 12.9. The van der Waals surface area contributed by atoms with Crippen molar-refractivity contribution >= 4 is 34.1 Å². The number of benzene rings is 1. The van der Waals surface area contributed by atoms with E-state index in [1.54, 1.807) is 12.5 Å². The first-order valence-electron chi connectivity index (χ1n) is 14.9. The van der Waals surface area contributed by atoms with Crippen LogP contribution < -0.4 is 20.4 Å². The molecular formula is C33H39N9O2. The van der Waals surface area contributed by atoms with Gasteiger partial charge in [0.15, 0.2) is 0 Å². The Morgan fingerprint density at radius 1 is 1.09 bits per heavy atom. The fourth-order valence-corrected chi connectivity index (χ4v) is 5.47. The van der Waals surface area contributed by atoms with Crippen molar-refractivity contribution in [2.24, 2.45) is 0 Å². The van der Waals surface area contributed by atoms with Crippen LogP contribution in [0.3, 0.4) is 0 Å². The number of nitrogens with one attached hydrogen (secondary N) is 3. The van der Waals surface area contributed by atoms with Crippen molar-refractivity contribution in [1.82, 2.24) is 30.2 Å². The van der Waals surface area contributed by atoms with Crippen LogP contribution in [0.2, 0.25) is 0 Å². The highest BCUT2D eigenvalue weighted by molar-refractivity contribution is 5.94. The van der Waals surface area contributed by atoms with Crippen molar-refractivity contribution in [2.75, 3.05) is 75.1 Å². The number of ether oxygens (including phenoxy) is 1. The van der Waals surface area contributed by atoms with Crippen LogP contribution in [0, 0.1) is 0 Å². The van der Waals surface area contributed by atoms with Gasteiger partial charge in [0.25, 0.3) is 0 Å². The molecule has 0 atom stereocenters. The smallest absolute Gasteiger partial charge is 0.230 e. The monoisotopic (exact) mass is 593 g/mol. The summed E-state index contributed by atoms with van der Waals surface area (Å²) in [5.74, 6) is 0.810. The van der Waals surface area contributed by atoms with Crippen LogP contribution >= 0.6 is 0 Å². The number of fused-ring (bicyclic) bond motifs is 1. The number of amides is 1. The number of pyridine rings is 1. The molecule has 5 heterocycles. The lowest BCUT2D eigenvalue weighted by atomic mass is 10.1. The summed E-state index contributed by atoms with van der Waals surface area (Å²) in [7, 11) is 4.08. The van der Waals surface area contributed by atoms with Crippen LogP contribution in [0.5, 0.6) is 0 Å². The average Bonchev–Trinajstić information content (AvgIpc) is 3.44. The van der Waals surface area contributed by atoms with Crippen molar-refractivity contribution in [3.05, 3.63) is 85.1 Å². The number of likely N-dealkylation sites (N-methyl/N-ethyl adjacent to an activating group) is 1. The van der Waals surface area contributed by atoms with Gasteiger partial charge in [-0.25, -0.2) is 9.97 Å². The Morgan fingerprint density at radius 3 is 2.66 bits per heavy atom. The lowest BCUT2D eigenvalue weighted by Crippen LogP contribution is -2.57. The molecule has 0 unspecified atom stereocenters. The van der Waals surface area contributed by atoms with Gasteiger partial charge in [0.1, 0.15) is 17.8 Å². The minimum Gasteiger partial charge on any atom is -0.379 e. The molecule has 2 fully saturated rings. The van der Waals surface area contributed by atoms with Crippen molar-refractivity contribution in [3.63, 3.8) is 0 Å². The fourth-order valence-electron chi connectivity index (χ4n) is 5.47. The van der Waals surface area contributed by atoms with Gasteiger partial charge in [0.2, 0.25) is 5.91 Å². The number of anilines is 3. The minimum atomic E-state index is -0.109. The first kappa shape index (κ1) is 29.3. The zero-order valence-corrected chi connectivity index (χ0v) is 25.3. The Labute approximate surface area is 257 Å². The number of carbonyl (C=O) groups excluding carboxylic acids is 1. The number of hydrogen-bond acceptors (Lipinski definition) is 9. The summed E-state index contributed by atoms with van der Waals surface area (Å²) in [6.07, 6.45) is 7.69. The van der Waals surface area contributed by atoms with Gasteiger partial charge < -0.3 is 35.1 Å². The molecule has 6 rings (SSSR count). The fraction of sp³-hybridized carbons (Fsp3) is 0.333. The summed E-state index contributed by atoms with van der Waals surface area (Å²) in [6, 6.07) is 14.2. The molecule has 4 aromatic rings. The summed E-state index contributed by atoms with van der Waals surface area (Å²) in [5.41, 5.74) is 6.20. The standard InChI is InChI=1S/C33H39N9O2/c1-23(5-4-12-40(2)3)37-27-20-42(21-27)28-10-11-34-26(17-28)18-31(43)38-25-8-6-24(7-9-25)30-19-29-32(39-30)35-22-36-33(29)41-13-15-44-16-14-41/h4-11,17,19,22,27,37H,1,12-16,18,20-21H2,2-3H3,(H,38,43)(H,35,36,39)/b5-4+. The molecule has 1 aromatic carbocycles. The van der Waals surface area contributed by atoms with E-state index in [0.29, 0.717) is 19.3 Å². The molecule has 0 spiro atoms. The maximum atomic E-state index is 12.9. The van der Waals surface area contributed by atoms with Gasteiger partial charge in [-0.1, -0.05) is 24.8 Å². The summed E-state index contributed by atoms with van der Waals surface area (Å²) in [4.78, 5) is 36.3. The molecule has 2 aliphatic heterocycles. The summed E-state index contributed by atoms with van der Waals surface area (Å²) >= 11 is 0. The number of allylic oxidation sites excluding steroid dienone is 1. The Bertz CT molecular complexity index is 1630. The number of carbonyl (C=O) groups is 1. The third kappa shape index (κ3) is 7.07. The predicted octanol–water partition coefficient (Wildman–Crippen LogP) is 3.45. The third-order valence-electron chi connectivity index (χ3n) is 7.76. The van der Waals surface area contributed by atoms with Crippen LogP contribution in [0.1, 0.15) is 5.69 Å². The van der Waals surface area contributed by atoms with Crippen molar-refractivity contribution in [3.8, 4) is 11.3 Å². The summed E-state index contributed by atoms with van der Waals surface area (Å²) in [6.45, 7) is 9.74. The Morgan fingerprint density at radius 2 is 1.89 bits per heavy atom. The van der Waals surface area contributed by atoms with E-state index in [1.807, 2.05) is 56.6 Å². The van der Waals surface area contributed by atoms with Crippen LogP contribution in [0.4, 0.5) is 17.2 Å². The molecule has 228 valence electrons. The second-order valence-electron chi connectivity index (χ2n) is 11.5. The normalized spacial score (nSPS) is 15.6. The molecule has 0 aliphatic carbocycles. The van der Waals surface area contributed by atoms with E-state index in [-0.39, 0.29) is 12.3 Å². The van der Waals surface area contributed by atoms with Gasteiger partial charge in [-0.3, -0.25) is 9.78 Å². The Kier molecular flexibility index (Phi) is 8.85. The van der Waals surface area contributed by atoms with E-state index in [0.717, 1.165) is 83.6 Å². The maximum Gasteiger partial charge on any atom is 0.230 e. The quantitative estimate of drug-likeness (QED) is 0.225. The first-order valence-corrected chi connectivity index (χ1v) is 14.9. The molecule has 1 amide bonds. The van der Waals surface area contributed by atoms with E-state index in [1.165, 1.54) is 0 Å². The zero-order chi connectivity index (χ0) is 30.5. The highest BCUT2D eigenvalue weighted by Gasteiger charge is 2.27. The summed E-state index contributed by atoms with van der Waals surface area (Å²) in [5, 5.41) is 7.46. The largest absolute Gasteiger partial charge is 0.379 e. The van der Waals surface area contributed by atoms with Gasteiger partial charge in [-0.2, -0.15) is 0 Å². The van der Waals surface area contributed by atoms with E-state index >= 15 is 0 Å². The Balaban J connectivity index is 1.02. The zero-order valence-electron chi connectivity index (χ0n) is 25.3. The molecule has 11 nitrogen and oxygen atoms in total. The average molecular weight is 594 g/mol. The second-order valence-corrected chi connectivity index (χ2v) is 11.5. The lowest BCUT2D eigenvalue weighted by Gasteiger charge is -2.42. The Hall–Kier alpha value is -4.74. The first-order chi connectivity index (χ1) is 21.4. The van der Waals surface area contributed by atoms with Crippen LogP contribution in [0.25, 0.3) is 22.3 Å². The SMILES string of the molecule is C=C(/C=C/CN(C)C)NC1CN(c2ccnc(CC(=O)Nc3ccc(-c4cc5c(N6CCOCC6)ncnc5[nH]4)cc3)c2)C1. The summed E-state index contributed by atoms with van der Waals surface area (Å²) < 4.78 is 5.49. The predicted molar refractivity (Wildman–Crippen MR) is 175 cm³/mol. The number of aromatic nitrogens is 4. The molecular weight excluding hydrogens is 554 g/mol. The molecule has 0 radical (unpaired) electrons. The van der Waals surface area contributed by atoms with E-state index in [2.05, 4.69) is 64.0 Å². The van der Waals surface area contributed by atoms with Crippen molar-refractivity contribution in [1.29, 1.82) is 0 Å². The van der Waals surface area contributed by atoms with Gasteiger partial charge in [0, 0.05) is 61.7 Å². The number of hydrogen-bond donors (Lipinski definition) is 3. The van der Waals surface area contributed by atoms with Gasteiger partial charge >= 0.3 is 0 Å². The number of rotatable bonds is 11. The molecule has 2 saturated heterocycles. The van der Waals surface area contributed by atoms with E-state index in [4.69, 9.17) is 4.74 Å². The molecule has 0 saturated carbocycles. The van der Waals surface area contributed by atoms with E-state index in [9.17, 15) is 4.79 Å². The van der Waals surface area contributed by atoms with Crippen molar-refractivity contribution < 1.29 is 9.53 Å². The number of aromatic amines is 1. The number of morpholine rings is 1. The molecule has 3 aromatic heterocycles. The molecule has 11 heteroatoms. The third-order valence-corrected chi connectivity index (χ3v) is 7.76. The van der Waals surface area contributed by atoms with Crippen LogP contribution in [0.15, 0.2) is 79.4 Å². The van der Waals surface area contributed by atoms with Crippen LogP contribution in [-0.2, 0) is 16.0 Å². The topological polar surface area (TPSA) is 115 Å². The molecule has 0 bridgehead atoms. The van der Waals surface area contributed by atoms with Crippen LogP contribution in [-0.4, -0.2) is 96.8 Å². The van der Waals surface area contributed by atoms with Gasteiger partial charge in [0.05, 0.1) is 36.8 Å². The van der Waals surface area contributed by atoms with E-state index < -0.39 is 0 Å². The minimum absolute atomic E-state index is 0.109. The number of H-pyrrole nitrogens is 1. The molecule has 44 heavy (non-hydrogen) atoms. The van der Waals surface area contributed by atoms with Gasteiger partial charge in [-0.05, 0) is 56.1 Å². The highest BCUT2D eigenvalue weighted by atomic mass is 16.5. The highest BCUT2D eigenvalue weighted by Crippen LogP contribution is 2.30. The molecule has 2 aliphatic rings. The molecule has 3 N–H and O–H groups in total. The van der Waals surface area contributed by atoms with Crippen molar-refractivity contribution in [2.45, 2.75) is 12.5 Å². The second kappa shape index (κ2) is 13.3.